The van der Waals surface area contributed by atoms with Crippen LogP contribution >= 0.6 is 0 Å². The first kappa shape index (κ1) is 32.8. The summed E-state index contributed by atoms with van der Waals surface area (Å²) < 4.78 is 76.6. The fourth-order valence-corrected chi connectivity index (χ4v) is 3.25. The maximum absolute atomic E-state index is 10.6. The number of carbonyl (C=O) groups is 2. The first-order valence-corrected chi connectivity index (χ1v) is 11.6. The van der Waals surface area contributed by atoms with Crippen molar-refractivity contribution in [2.24, 2.45) is 0 Å². The predicted octanol–water partition coefficient (Wildman–Crippen LogP) is 3.59. The molecule has 0 atom stereocenters. The highest BCUT2D eigenvalue weighted by atomic mass is 19.4. The molecular formula is C24H25F6N5O6. The molecule has 4 rings (SSSR count). The Balaban J connectivity index is 0.000000349. The third-order valence-electron chi connectivity index (χ3n) is 5.23. The van der Waals surface area contributed by atoms with Crippen molar-refractivity contribution < 1.29 is 55.6 Å². The molecule has 11 nitrogen and oxygen atoms in total. The Morgan fingerprint density at radius 3 is 2.02 bits per heavy atom. The minimum atomic E-state index is -5.08. The van der Waals surface area contributed by atoms with Gasteiger partial charge in [-0.05, 0) is 23.8 Å². The lowest BCUT2D eigenvalue weighted by Gasteiger charge is -2.19. The van der Waals surface area contributed by atoms with E-state index in [0.717, 1.165) is 50.0 Å². The fraction of sp³-hybridized carbons (Fsp3) is 0.375. The molecule has 0 spiro atoms. The van der Waals surface area contributed by atoms with Gasteiger partial charge < -0.3 is 24.3 Å². The number of aliphatic carboxylic acids is 2. The van der Waals surface area contributed by atoms with Crippen molar-refractivity contribution in [3.8, 4) is 11.6 Å². The maximum atomic E-state index is 10.6. The van der Waals surface area contributed by atoms with Crippen molar-refractivity contribution in [3.05, 3.63) is 65.9 Å². The van der Waals surface area contributed by atoms with Crippen LogP contribution in [-0.2, 0) is 35.7 Å². The number of carboxylic acids is 2. The zero-order valence-corrected chi connectivity index (χ0v) is 21.4. The molecule has 1 aliphatic rings. The lowest BCUT2D eigenvalue weighted by Crippen LogP contribution is -2.26. The lowest BCUT2D eigenvalue weighted by atomic mass is 10.2. The van der Waals surface area contributed by atoms with Gasteiger partial charge in [0.25, 0.3) is 0 Å². The van der Waals surface area contributed by atoms with Crippen LogP contribution in [0.5, 0.6) is 11.6 Å². The summed E-state index contributed by atoms with van der Waals surface area (Å²) in [5, 5.41) is 22.9. The molecule has 2 N–H and O–H groups in total. The standard InChI is InChI=1S/C20H23N5O2.2C2HF3O2/c1-26-17-7-5-16(6-8-17)14-24-11-9-18-22-23-19(25(18)13-12-24)15-27-20-4-2-3-10-21-20;2*3-2(4,5)1(6)7/h2-8,10H,9,11-15H2,1H3;2*(H,6,7). The number of alkyl halides is 6. The Kier molecular flexibility index (Phi) is 11.9. The topological polar surface area (TPSA) is 140 Å². The van der Waals surface area contributed by atoms with Crippen LogP contribution in [0.4, 0.5) is 26.3 Å². The van der Waals surface area contributed by atoms with Crippen molar-refractivity contribution in [1.82, 2.24) is 24.6 Å². The van der Waals surface area contributed by atoms with Gasteiger partial charge in [0.1, 0.15) is 18.2 Å². The molecule has 3 aromatic rings. The number of hydrogen-bond donors (Lipinski definition) is 2. The van der Waals surface area contributed by atoms with Gasteiger partial charge in [-0.25, -0.2) is 14.6 Å². The SMILES string of the molecule is COc1ccc(CN2CCc3nnc(COc4ccccn4)n3CC2)cc1.O=C(O)C(F)(F)F.O=C(O)C(F)(F)F. The number of benzene rings is 1. The van der Waals surface area contributed by atoms with Crippen molar-refractivity contribution in [2.75, 3.05) is 20.2 Å². The molecule has 1 aromatic carbocycles. The summed E-state index contributed by atoms with van der Waals surface area (Å²) in [5.41, 5.74) is 1.28. The van der Waals surface area contributed by atoms with Crippen LogP contribution in [-0.4, -0.2) is 79.4 Å². The second-order valence-electron chi connectivity index (χ2n) is 8.12. The van der Waals surface area contributed by atoms with E-state index in [2.05, 4.69) is 36.8 Å². The van der Waals surface area contributed by atoms with Gasteiger partial charge in [0.15, 0.2) is 5.82 Å². The summed E-state index contributed by atoms with van der Waals surface area (Å²) >= 11 is 0. The van der Waals surface area contributed by atoms with Gasteiger partial charge in [-0.1, -0.05) is 18.2 Å². The Hall–Kier alpha value is -4.41. The van der Waals surface area contributed by atoms with Gasteiger partial charge in [0.2, 0.25) is 5.88 Å². The van der Waals surface area contributed by atoms with Gasteiger partial charge in [0.05, 0.1) is 7.11 Å². The smallest absolute Gasteiger partial charge is 0.490 e. The first-order valence-electron chi connectivity index (χ1n) is 11.6. The molecule has 17 heteroatoms. The zero-order valence-electron chi connectivity index (χ0n) is 21.4. The van der Waals surface area contributed by atoms with Crippen LogP contribution in [0.15, 0.2) is 48.7 Å². The van der Waals surface area contributed by atoms with Gasteiger partial charge in [-0.15, -0.1) is 10.2 Å². The molecule has 2 aromatic heterocycles. The molecule has 224 valence electrons. The average Bonchev–Trinajstić information content (AvgIpc) is 3.20. The van der Waals surface area contributed by atoms with Gasteiger partial charge in [-0.2, -0.15) is 26.3 Å². The Morgan fingerprint density at radius 1 is 0.902 bits per heavy atom. The third-order valence-corrected chi connectivity index (χ3v) is 5.23. The summed E-state index contributed by atoms with van der Waals surface area (Å²) in [6.07, 6.45) is -7.57. The molecule has 0 radical (unpaired) electrons. The number of rotatable bonds is 6. The van der Waals surface area contributed by atoms with E-state index in [1.165, 1.54) is 5.56 Å². The van der Waals surface area contributed by atoms with Crippen molar-refractivity contribution in [2.45, 2.75) is 38.5 Å². The van der Waals surface area contributed by atoms with Crippen molar-refractivity contribution >= 4 is 11.9 Å². The van der Waals surface area contributed by atoms with E-state index in [0.29, 0.717) is 12.5 Å². The number of methoxy groups -OCH3 is 1. The molecule has 3 heterocycles. The van der Waals surface area contributed by atoms with Crippen molar-refractivity contribution in [1.29, 1.82) is 0 Å². The predicted molar refractivity (Wildman–Crippen MR) is 128 cm³/mol. The fourth-order valence-electron chi connectivity index (χ4n) is 3.25. The van der Waals surface area contributed by atoms with Gasteiger partial charge in [-0.3, -0.25) is 4.90 Å². The summed E-state index contributed by atoms with van der Waals surface area (Å²) in [5.74, 6) is -2.16. The number of nitrogens with zero attached hydrogens (tertiary/aromatic N) is 5. The maximum Gasteiger partial charge on any atom is 0.490 e. The van der Waals surface area contributed by atoms with E-state index in [4.69, 9.17) is 29.3 Å². The Morgan fingerprint density at radius 2 is 1.51 bits per heavy atom. The second kappa shape index (κ2) is 14.8. The number of ether oxygens (including phenoxy) is 2. The highest BCUT2D eigenvalue weighted by Gasteiger charge is 2.38. The van der Waals surface area contributed by atoms with E-state index in [1.807, 2.05) is 30.3 Å². The largest absolute Gasteiger partial charge is 0.497 e. The molecule has 0 fully saturated rings. The number of pyridine rings is 1. The molecule has 0 aliphatic carbocycles. The average molecular weight is 593 g/mol. The minimum absolute atomic E-state index is 0.377. The highest BCUT2D eigenvalue weighted by Crippen LogP contribution is 2.17. The van der Waals surface area contributed by atoms with Gasteiger partial charge >= 0.3 is 24.3 Å². The van der Waals surface area contributed by atoms with Gasteiger partial charge in [0, 0.05) is 44.9 Å². The Bertz CT molecular complexity index is 1230. The molecule has 0 saturated carbocycles. The highest BCUT2D eigenvalue weighted by molar-refractivity contribution is 5.73. The van der Waals surface area contributed by atoms with E-state index >= 15 is 0 Å². The van der Waals surface area contributed by atoms with E-state index in [9.17, 15) is 26.3 Å². The first-order chi connectivity index (χ1) is 19.2. The molecule has 0 amide bonds. The second-order valence-corrected chi connectivity index (χ2v) is 8.12. The summed E-state index contributed by atoms with van der Waals surface area (Å²) in [6.45, 7) is 4.07. The molecule has 1 aliphatic heterocycles. The van der Waals surface area contributed by atoms with Crippen LogP contribution in [0.2, 0.25) is 0 Å². The minimum Gasteiger partial charge on any atom is -0.497 e. The Labute approximate surface area is 229 Å². The molecule has 0 bridgehead atoms. The van der Waals surface area contributed by atoms with E-state index in [-0.39, 0.29) is 0 Å². The quantitative estimate of drug-likeness (QED) is 0.408. The van der Waals surface area contributed by atoms with Crippen LogP contribution < -0.4 is 9.47 Å². The number of carboxylic acid groups (broad SMARTS) is 2. The third kappa shape index (κ3) is 11.3. The summed E-state index contributed by atoms with van der Waals surface area (Å²) in [7, 11) is 1.69. The summed E-state index contributed by atoms with van der Waals surface area (Å²) in [4.78, 5) is 24.4. The molecule has 0 saturated heterocycles. The van der Waals surface area contributed by atoms with Crippen LogP contribution in [0, 0.1) is 0 Å². The number of fused-ring (bicyclic) bond motifs is 1. The van der Waals surface area contributed by atoms with Crippen LogP contribution in [0.1, 0.15) is 17.2 Å². The number of aromatic nitrogens is 4. The van der Waals surface area contributed by atoms with E-state index in [1.54, 1.807) is 13.3 Å². The number of halogens is 6. The normalized spacial score (nSPS) is 13.3. The van der Waals surface area contributed by atoms with Crippen molar-refractivity contribution in [3.63, 3.8) is 0 Å². The lowest BCUT2D eigenvalue weighted by molar-refractivity contribution is -0.193. The van der Waals surface area contributed by atoms with Crippen LogP contribution in [0.3, 0.4) is 0 Å². The molecule has 0 unspecified atom stereocenters. The van der Waals surface area contributed by atoms with Crippen LogP contribution in [0.25, 0.3) is 0 Å². The molecule has 41 heavy (non-hydrogen) atoms. The monoisotopic (exact) mass is 593 g/mol. The molecular weight excluding hydrogens is 568 g/mol. The van der Waals surface area contributed by atoms with E-state index < -0.39 is 24.3 Å². The summed E-state index contributed by atoms with van der Waals surface area (Å²) in [6, 6.07) is 13.9. The number of hydrogen-bond acceptors (Lipinski definition) is 8. The zero-order chi connectivity index (χ0) is 30.6.